The summed E-state index contributed by atoms with van der Waals surface area (Å²) in [6.45, 7) is 3.68. The van der Waals surface area contributed by atoms with Crippen molar-refractivity contribution >= 4 is 17.7 Å². The molecular formula is C27H35FN4O4. The molecule has 194 valence electrons. The fourth-order valence-electron chi connectivity index (χ4n) is 6.59. The lowest BCUT2D eigenvalue weighted by atomic mass is 9.82. The number of carbonyl (C=O) groups is 3. The van der Waals surface area contributed by atoms with Crippen LogP contribution in [0.1, 0.15) is 72.3 Å². The van der Waals surface area contributed by atoms with Crippen LogP contribution in [-0.4, -0.2) is 84.2 Å². The van der Waals surface area contributed by atoms with Gasteiger partial charge in [0.1, 0.15) is 12.2 Å². The maximum atomic E-state index is 15.4. The van der Waals surface area contributed by atoms with Gasteiger partial charge >= 0.3 is 0 Å². The summed E-state index contributed by atoms with van der Waals surface area (Å²) >= 11 is 0. The summed E-state index contributed by atoms with van der Waals surface area (Å²) in [5.41, 5.74) is 2.28. The second kappa shape index (κ2) is 9.84. The lowest BCUT2D eigenvalue weighted by Gasteiger charge is -2.47. The molecule has 3 unspecified atom stereocenters. The van der Waals surface area contributed by atoms with Gasteiger partial charge in [0, 0.05) is 37.0 Å². The van der Waals surface area contributed by atoms with E-state index >= 15 is 4.39 Å². The maximum Gasteiger partial charge on any atom is 0.255 e. The molecule has 36 heavy (non-hydrogen) atoms. The van der Waals surface area contributed by atoms with Crippen LogP contribution >= 0.6 is 0 Å². The zero-order valence-corrected chi connectivity index (χ0v) is 20.6. The van der Waals surface area contributed by atoms with Crippen molar-refractivity contribution < 1.29 is 23.5 Å². The number of hydrogen-bond acceptors (Lipinski definition) is 6. The lowest BCUT2D eigenvalue weighted by Crippen LogP contribution is -2.54. The molecule has 6 rings (SSSR count). The van der Waals surface area contributed by atoms with Gasteiger partial charge in [0.05, 0.1) is 12.2 Å². The zero-order chi connectivity index (χ0) is 24.8. The summed E-state index contributed by atoms with van der Waals surface area (Å²) in [4.78, 5) is 40.8. The number of halogens is 1. The molecule has 1 aromatic carbocycles. The topological polar surface area (TPSA) is 91.0 Å². The number of fused-ring (bicyclic) bond motifs is 1. The number of likely N-dealkylation sites (tertiary alicyclic amines) is 1. The van der Waals surface area contributed by atoms with Crippen molar-refractivity contribution in [3.05, 3.63) is 34.9 Å². The monoisotopic (exact) mass is 498 g/mol. The van der Waals surface area contributed by atoms with Crippen LogP contribution in [0.2, 0.25) is 0 Å². The normalized spacial score (nSPS) is 33.9. The van der Waals surface area contributed by atoms with E-state index in [2.05, 4.69) is 15.5 Å². The Morgan fingerprint density at radius 1 is 1.00 bits per heavy atom. The van der Waals surface area contributed by atoms with Gasteiger partial charge in [-0.15, -0.1) is 0 Å². The van der Waals surface area contributed by atoms with E-state index in [-0.39, 0.29) is 24.2 Å². The molecule has 0 spiro atoms. The molecule has 0 radical (unpaired) electrons. The van der Waals surface area contributed by atoms with E-state index in [9.17, 15) is 14.4 Å². The Morgan fingerprint density at radius 3 is 2.56 bits per heavy atom. The van der Waals surface area contributed by atoms with Gasteiger partial charge in [-0.3, -0.25) is 24.6 Å². The summed E-state index contributed by atoms with van der Waals surface area (Å²) < 4.78 is 21.7. The SMILES string of the molecule is O=C1CCC(N2Cc3ccc(C4CCN(C5CC(OC6CCNCC6)C5)CC4F)cc3C2=O)C(=O)N1. The Balaban J connectivity index is 1.04. The van der Waals surface area contributed by atoms with Crippen molar-refractivity contribution in [2.24, 2.45) is 0 Å². The highest BCUT2D eigenvalue weighted by molar-refractivity contribution is 6.05. The average Bonchev–Trinajstić information content (AvgIpc) is 3.17. The van der Waals surface area contributed by atoms with E-state index in [0.717, 1.165) is 62.9 Å². The molecule has 9 heteroatoms. The van der Waals surface area contributed by atoms with E-state index in [1.165, 1.54) is 0 Å². The van der Waals surface area contributed by atoms with Crippen molar-refractivity contribution in [1.29, 1.82) is 0 Å². The summed E-state index contributed by atoms with van der Waals surface area (Å²) in [7, 11) is 0. The number of amides is 3. The van der Waals surface area contributed by atoms with Crippen molar-refractivity contribution in [2.45, 2.75) is 87.9 Å². The van der Waals surface area contributed by atoms with Gasteiger partial charge in [0.15, 0.2) is 0 Å². The Hall–Kier alpha value is -2.36. The minimum atomic E-state index is -0.982. The van der Waals surface area contributed by atoms with Crippen molar-refractivity contribution in [2.75, 3.05) is 26.2 Å². The first kappa shape index (κ1) is 24.0. The second-order valence-corrected chi connectivity index (χ2v) is 11.1. The van der Waals surface area contributed by atoms with E-state index in [4.69, 9.17) is 4.74 Å². The quantitative estimate of drug-likeness (QED) is 0.603. The second-order valence-electron chi connectivity index (χ2n) is 11.1. The number of rotatable bonds is 5. The van der Waals surface area contributed by atoms with Gasteiger partial charge in [0.2, 0.25) is 11.8 Å². The Bertz CT molecular complexity index is 1040. The average molecular weight is 499 g/mol. The molecule has 3 atom stereocenters. The largest absolute Gasteiger partial charge is 0.375 e. The first-order chi connectivity index (χ1) is 17.5. The van der Waals surface area contributed by atoms with Crippen LogP contribution in [0.4, 0.5) is 4.39 Å². The lowest BCUT2D eigenvalue weighted by molar-refractivity contribution is -0.136. The molecule has 0 aromatic heterocycles. The molecule has 1 saturated carbocycles. The highest BCUT2D eigenvalue weighted by Gasteiger charge is 2.42. The van der Waals surface area contributed by atoms with Gasteiger partial charge < -0.3 is 15.0 Å². The number of nitrogens with zero attached hydrogens (tertiary/aromatic N) is 2. The van der Waals surface area contributed by atoms with Gasteiger partial charge in [0.25, 0.3) is 5.91 Å². The van der Waals surface area contributed by atoms with E-state index in [1.54, 1.807) is 4.90 Å². The fourth-order valence-corrected chi connectivity index (χ4v) is 6.59. The fraction of sp³-hybridized carbons (Fsp3) is 0.667. The molecule has 1 aliphatic carbocycles. The molecule has 4 heterocycles. The van der Waals surface area contributed by atoms with E-state index in [1.807, 2.05) is 18.2 Å². The molecule has 2 N–H and O–H groups in total. The van der Waals surface area contributed by atoms with Crippen molar-refractivity contribution in [3.8, 4) is 0 Å². The van der Waals surface area contributed by atoms with Crippen LogP contribution in [-0.2, 0) is 20.9 Å². The van der Waals surface area contributed by atoms with Crippen LogP contribution in [0.5, 0.6) is 0 Å². The minimum absolute atomic E-state index is 0.205. The van der Waals surface area contributed by atoms with Crippen molar-refractivity contribution in [1.82, 2.24) is 20.4 Å². The Morgan fingerprint density at radius 2 is 1.81 bits per heavy atom. The zero-order valence-electron chi connectivity index (χ0n) is 20.6. The predicted octanol–water partition coefficient (Wildman–Crippen LogP) is 1.87. The van der Waals surface area contributed by atoms with Crippen molar-refractivity contribution in [3.63, 3.8) is 0 Å². The smallest absolute Gasteiger partial charge is 0.255 e. The van der Waals surface area contributed by atoms with Gasteiger partial charge in [-0.1, -0.05) is 12.1 Å². The van der Waals surface area contributed by atoms with E-state index in [0.29, 0.717) is 43.3 Å². The van der Waals surface area contributed by atoms with Crippen LogP contribution < -0.4 is 10.6 Å². The highest BCUT2D eigenvalue weighted by Crippen LogP contribution is 2.38. The number of piperidine rings is 3. The van der Waals surface area contributed by atoms with Gasteiger partial charge in [-0.05, 0) is 75.4 Å². The predicted molar refractivity (Wildman–Crippen MR) is 130 cm³/mol. The number of hydrogen-bond donors (Lipinski definition) is 2. The third kappa shape index (κ3) is 4.57. The molecule has 0 bridgehead atoms. The van der Waals surface area contributed by atoms with Gasteiger partial charge in [-0.2, -0.15) is 0 Å². The van der Waals surface area contributed by atoms with Gasteiger partial charge in [-0.25, -0.2) is 4.39 Å². The van der Waals surface area contributed by atoms with E-state index < -0.39 is 18.1 Å². The molecule has 4 aliphatic heterocycles. The summed E-state index contributed by atoms with van der Waals surface area (Å²) in [5, 5.41) is 5.70. The molecule has 5 aliphatic rings. The number of carbonyl (C=O) groups excluding carboxylic acids is 3. The standard InChI is InChI=1S/C27H35FN4O4/c28-23-15-31(18-12-20(13-18)36-19-5-8-29-9-6-19)10-7-21(23)16-1-2-17-14-32(27(35)22(17)11-16)24-3-4-25(33)30-26(24)34/h1-2,11,18-21,23-24,29H,3-10,12-15H2,(H,30,33,34). The molecular weight excluding hydrogens is 463 g/mol. The van der Waals surface area contributed by atoms with Crippen LogP contribution in [0, 0.1) is 0 Å². The minimum Gasteiger partial charge on any atom is -0.375 e. The molecule has 4 fully saturated rings. The Kier molecular flexibility index (Phi) is 6.56. The third-order valence-electron chi connectivity index (χ3n) is 8.81. The summed E-state index contributed by atoms with van der Waals surface area (Å²) in [6.07, 6.45) is 5.12. The first-order valence-electron chi connectivity index (χ1n) is 13.5. The molecule has 1 aromatic rings. The maximum absolute atomic E-state index is 15.4. The molecule has 8 nitrogen and oxygen atoms in total. The number of ether oxygens (including phenoxy) is 1. The highest BCUT2D eigenvalue weighted by atomic mass is 19.1. The summed E-state index contributed by atoms with van der Waals surface area (Å²) in [6, 6.07) is 5.46. The van der Waals surface area contributed by atoms with Crippen LogP contribution in [0.25, 0.3) is 0 Å². The summed E-state index contributed by atoms with van der Waals surface area (Å²) in [5.74, 6) is -1.15. The Labute approximate surface area is 210 Å². The molecule has 3 amide bonds. The third-order valence-corrected chi connectivity index (χ3v) is 8.81. The number of benzene rings is 1. The number of imide groups is 1. The molecule has 3 saturated heterocycles. The first-order valence-corrected chi connectivity index (χ1v) is 13.5. The van der Waals surface area contributed by atoms with Crippen LogP contribution in [0.3, 0.4) is 0 Å². The number of alkyl halides is 1. The van der Waals surface area contributed by atoms with Crippen LogP contribution in [0.15, 0.2) is 18.2 Å². The number of nitrogens with one attached hydrogen (secondary N) is 2.